The van der Waals surface area contributed by atoms with E-state index in [-0.39, 0.29) is 6.61 Å². The zero-order chi connectivity index (χ0) is 10.6. The third kappa shape index (κ3) is 7.26. The number of hydrogen-bond donors (Lipinski definition) is 2. The summed E-state index contributed by atoms with van der Waals surface area (Å²) in [7, 11) is 0. The number of nitrogens with zero attached hydrogens (tertiary/aromatic N) is 1. The maximum Gasteiger partial charge on any atom is 0.0698 e. The molecule has 1 aliphatic rings. The molecule has 4 heteroatoms. The van der Waals surface area contributed by atoms with Gasteiger partial charge in [0.1, 0.15) is 0 Å². The Kier molecular flexibility index (Phi) is 10.8. The molecule has 1 fully saturated rings. The van der Waals surface area contributed by atoms with Gasteiger partial charge >= 0.3 is 0 Å². The van der Waals surface area contributed by atoms with Crippen molar-refractivity contribution in [2.24, 2.45) is 0 Å². The van der Waals surface area contributed by atoms with E-state index in [9.17, 15) is 0 Å². The molecule has 1 aliphatic heterocycles. The predicted octanol–water partition coefficient (Wildman–Crippen LogP) is -0.0733. The Labute approximate surface area is 87.2 Å². The van der Waals surface area contributed by atoms with Crippen LogP contribution in [0.1, 0.15) is 13.8 Å². The molecule has 0 spiro atoms. The normalized spacial score (nSPS) is 17.4. The van der Waals surface area contributed by atoms with Crippen molar-refractivity contribution in [3.8, 4) is 0 Å². The van der Waals surface area contributed by atoms with Gasteiger partial charge < -0.3 is 15.2 Å². The average Bonchev–Trinajstić information content (AvgIpc) is 2.29. The van der Waals surface area contributed by atoms with Crippen molar-refractivity contribution in [2.45, 2.75) is 13.8 Å². The molecule has 86 valence electrons. The minimum atomic E-state index is 0.127. The molecule has 4 nitrogen and oxygen atoms in total. The summed E-state index contributed by atoms with van der Waals surface area (Å²) < 4.78 is 5.17. The summed E-state index contributed by atoms with van der Waals surface area (Å²) in [4.78, 5) is 2.37. The molecular formula is C10H24N2O2. The fourth-order valence-electron chi connectivity index (χ4n) is 1.30. The summed E-state index contributed by atoms with van der Waals surface area (Å²) in [6, 6.07) is 0. The van der Waals surface area contributed by atoms with E-state index in [4.69, 9.17) is 9.84 Å². The van der Waals surface area contributed by atoms with Crippen LogP contribution in [0.4, 0.5) is 0 Å². The molecule has 1 saturated heterocycles. The highest BCUT2D eigenvalue weighted by molar-refractivity contribution is 4.66. The highest BCUT2D eigenvalue weighted by Crippen LogP contribution is 1.91. The van der Waals surface area contributed by atoms with E-state index in [2.05, 4.69) is 10.2 Å². The largest absolute Gasteiger partial charge is 0.394 e. The van der Waals surface area contributed by atoms with Gasteiger partial charge in [-0.15, -0.1) is 0 Å². The highest BCUT2D eigenvalue weighted by atomic mass is 16.5. The molecule has 0 unspecified atom stereocenters. The van der Waals surface area contributed by atoms with Gasteiger partial charge in [0.2, 0.25) is 0 Å². The number of aliphatic hydroxyl groups is 1. The third-order valence-corrected chi connectivity index (χ3v) is 2.00. The fraction of sp³-hybridized carbons (Fsp3) is 1.00. The van der Waals surface area contributed by atoms with Crippen LogP contribution in [-0.2, 0) is 4.74 Å². The molecule has 0 bridgehead atoms. The maximum atomic E-state index is 8.45. The molecule has 0 amide bonds. The first-order valence-electron chi connectivity index (χ1n) is 5.55. The minimum Gasteiger partial charge on any atom is -0.394 e. The molecular weight excluding hydrogens is 180 g/mol. The molecule has 0 aliphatic carbocycles. The highest BCUT2D eigenvalue weighted by Gasteiger charge is 2.07. The Bertz CT molecular complexity index is 106. The zero-order valence-electron chi connectivity index (χ0n) is 9.46. The molecule has 1 rings (SSSR count). The lowest BCUT2D eigenvalue weighted by Gasteiger charge is -2.26. The van der Waals surface area contributed by atoms with Gasteiger partial charge in [-0.2, -0.15) is 0 Å². The van der Waals surface area contributed by atoms with Crippen molar-refractivity contribution >= 4 is 0 Å². The van der Waals surface area contributed by atoms with Crippen LogP contribution < -0.4 is 5.32 Å². The summed E-state index contributed by atoms with van der Waals surface area (Å²) in [5.41, 5.74) is 0. The molecule has 0 aromatic carbocycles. The second-order valence-electron chi connectivity index (χ2n) is 2.93. The van der Waals surface area contributed by atoms with Crippen molar-refractivity contribution in [2.75, 3.05) is 52.5 Å². The maximum absolute atomic E-state index is 8.45. The van der Waals surface area contributed by atoms with Crippen molar-refractivity contribution in [3.63, 3.8) is 0 Å². The summed E-state index contributed by atoms with van der Waals surface area (Å²) in [6.45, 7) is 10.7. The van der Waals surface area contributed by atoms with Gasteiger partial charge in [-0.25, -0.2) is 0 Å². The number of ether oxygens (including phenoxy) is 1. The van der Waals surface area contributed by atoms with E-state index >= 15 is 0 Å². The quantitative estimate of drug-likeness (QED) is 0.615. The summed E-state index contributed by atoms with van der Waals surface area (Å²) in [6.07, 6.45) is 0. The Balaban J connectivity index is 0.000000791. The minimum absolute atomic E-state index is 0.127. The van der Waals surface area contributed by atoms with Crippen LogP contribution in [0.5, 0.6) is 0 Å². The van der Waals surface area contributed by atoms with Gasteiger partial charge in [0, 0.05) is 32.7 Å². The van der Waals surface area contributed by atoms with Crippen molar-refractivity contribution < 1.29 is 9.84 Å². The fourth-order valence-corrected chi connectivity index (χ4v) is 1.30. The lowest BCUT2D eigenvalue weighted by Crippen LogP contribution is -2.44. The monoisotopic (exact) mass is 204 g/mol. The van der Waals surface area contributed by atoms with Gasteiger partial charge in [0.15, 0.2) is 0 Å². The third-order valence-electron chi connectivity index (χ3n) is 2.00. The summed E-state index contributed by atoms with van der Waals surface area (Å²) in [5, 5.41) is 11.7. The number of aliphatic hydroxyl groups excluding tert-OH is 1. The number of nitrogens with one attached hydrogen (secondary N) is 1. The number of piperazine rings is 1. The van der Waals surface area contributed by atoms with E-state index in [1.807, 2.05) is 13.8 Å². The Hall–Kier alpha value is -0.160. The van der Waals surface area contributed by atoms with Crippen LogP contribution in [0.25, 0.3) is 0 Å². The zero-order valence-corrected chi connectivity index (χ0v) is 9.46. The van der Waals surface area contributed by atoms with Gasteiger partial charge in [0.05, 0.1) is 19.8 Å². The molecule has 0 aromatic heterocycles. The standard InChI is InChI=1S/C8H18N2O2.C2H6/c11-6-8-12-7-5-10-3-1-9-2-4-10;1-2/h9,11H,1-8H2;1-2H3. The Morgan fingerprint density at radius 3 is 2.43 bits per heavy atom. The molecule has 2 N–H and O–H groups in total. The van der Waals surface area contributed by atoms with Crippen molar-refractivity contribution in [1.29, 1.82) is 0 Å². The first kappa shape index (κ1) is 13.8. The summed E-state index contributed by atoms with van der Waals surface area (Å²) in [5.74, 6) is 0. The van der Waals surface area contributed by atoms with Gasteiger partial charge in [-0.3, -0.25) is 4.90 Å². The van der Waals surface area contributed by atoms with E-state index in [1.54, 1.807) is 0 Å². The summed E-state index contributed by atoms with van der Waals surface area (Å²) >= 11 is 0. The van der Waals surface area contributed by atoms with E-state index < -0.39 is 0 Å². The molecule has 0 radical (unpaired) electrons. The van der Waals surface area contributed by atoms with Gasteiger partial charge in [-0.05, 0) is 0 Å². The van der Waals surface area contributed by atoms with Crippen LogP contribution >= 0.6 is 0 Å². The number of rotatable bonds is 5. The second-order valence-corrected chi connectivity index (χ2v) is 2.93. The van der Waals surface area contributed by atoms with Crippen LogP contribution in [0, 0.1) is 0 Å². The van der Waals surface area contributed by atoms with Crippen LogP contribution in [0.2, 0.25) is 0 Å². The predicted molar refractivity (Wildman–Crippen MR) is 58.6 cm³/mol. The van der Waals surface area contributed by atoms with E-state index in [0.717, 1.165) is 39.3 Å². The molecule has 0 atom stereocenters. The lowest BCUT2D eigenvalue weighted by molar-refractivity contribution is 0.0710. The molecule has 14 heavy (non-hydrogen) atoms. The second kappa shape index (κ2) is 10.9. The van der Waals surface area contributed by atoms with Gasteiger partial charge in [-0.1, -0.05) is 13.8 Å². The topological polar surface area (TPSA) is 44.7 Å². The lowest BCUT2D eigenvalue weighted by atomic mass is 10.4. The Morgan fingerprint density at radius 1 is 1.21 bits per heavy atom. The van der Waals surface area contributed by atoms with Gasteiger partial charge in [0.25, 0.3) is 0 Å². The van der Waals surface area contributed by atoms with Crippen molar-refractivity contribution in [3.05, 3.63) is 0 Å². The SMILES string of the molecule is CC.OCCOCCN1CCNCC1. The van der Waals surface area contributed by atoms with Crippen LogP contribution in [-0.4, -0.2) is 62.6 Å². The first-order valence-corrected chi connectivity index (χ1v) is 5.55. The number of hydrogen-bond acceptors (Lipinski definition) is 4. The van der Waals surface area contributed by atoms with E-state index in [0.29, 0.717) is 6.61 Å². The smallest absolute Gasteiger partial charge is 0.0698 e. The van der Waals surface area contributed by atoms with E-state index in [1.165, 1.54) is 0 Å². The Morgan fingerprint density at radius 2 is 1.86 bits per heavy atom. The molecule has 1 heterocycles. The average molecular weight is 204 g/mol. The molecule has 0 aromatic rings. The molecule has 0 saturated carbocycles. The van der Waals surface area contributed by atoms with Crippen LogP contribution in [0.15, 0.2) is 0 Å². The first-order chi connectivity index (χ1) is 6.93. The van der Waals surface area contributed by atoms with Crippen molar-refractivity contribution in [1.82, 2.24) is 10.2 Å². The van der Waals surface area contributed by atoms with Crippen LogP contribution in [0.3, 0.4) is 0 Å².